The van der Waals surface area contributed by atoms with E-state index in [1.807, 2.05) is 0 Å². The summed E-state index contributed by atoms with van der Waals surface area (Å²) in [5.41, 5.74) is 6.99. The van der Waals surface area contributed by atoms with Gasteiger partial charge in [-0.05, 0) is 48.5 Å². The zero-order valence-electron chi connectivity index (χ0n) is 17.6. The van der Waals surface area contributed by atoms with Gasteiger partial charge in [-0.2, -0.15) is 0 Å². The Morgan fingerprint density at radius 2 is 0.969 bits per heavy atom. The smallest absolute Gasteiger partial charge is 0.0782 e. The molecular weight excluding hydrogens is 388 g/mol. The molecule has 1 heterocycles. The molecule has 0 N–H and O–H groups in total. The maximum atomic E-state index is 2.39. The zero-order chi connectivity index (χ0) is 21.3. The highest BCUT2D eigenvalue weighted by Crippen LogP contribution is 2.42. The molecular formula is C30H22N2. The van der Waals surface area contributed by atoms with Gasteiger partial charge in [0.25, 0.3) is 0 Å². The number of benzene rings is 5. The van der Waals surface area contributed by atoms with Crippen molar-refractivity contribution in [1.82, 2.24) is 4.57 Å². The largest absolute Gasteiger partial charge is 0.308 e. The van der Waals surface area contributed by atoms with E-state index in [1.165, 1.54) is 21.8 Å². The summed E-state index contributed by atoms with van der Waals surface area (Å²) in [6.07, 6.45) is 0. The molecule has 6 rings (SSSR count). The average molecular weight is 411 g/mol. The summed E-state index contributed by atoms with van der Waals surface area (Å²) in [4.78, 5) is 2.35. The van der Waals surface area contributed by atoms with Crippen molar-refractivity contribution in [3.05, 3.63) is 133 Å². The zero-order valence-corrected chi connectivity index (χ0v) is 17.6. The van der Waals surface area contributed by atoms with Crippen molar-refractivity contribution >= 4 is 38.9 Å². The highest BCUT2D eigenvalue weighted by atomic mass is 15.2. The van der Waals surface area contributed by atoms with Crippen molar-refractivity contribution in [2.24, 2.45) is 0 Å². The van der Waals surface area contributed by atoms with Gasteiger partial charge in [0.1, 0.15) is 0 Å². The molecule has 0 aliphatic rings. The summed E-state index contributed by atoms with van der Waals surface area (Å²) in [6, 6.07) is 47.1. The minimum Gasteiger partial charge on any atom is -0.308 e. The molecule has 0 spiro atoms. The lowest BCUT2D eigenvalue weighted by molar-refractivity contribution is 1.17. The molecule has 0 amide bonds. The van der Waals surface area contributed by atoms with Gasteiger partial charge in [0.2, 0.25) is 0 Å². The van der Waals surface area contributed by atoms with Crippen LogP contribution in [0.2, 0.25) is 0 Å². The Labute approximate surface area is 187 Å². The van der Waals surface area contributed by atoms with Gasteiger partial charge in [0, 0.05) is 27.8 Å². The monoisotopic (exact) mass is 410 g/mol. The summed E-state index contributed by atoms with van der Waals surface area (Å²) in [5, 5.41) is 2.51. The third-order valence-corrected chi connectivity index (χ3v) is 5.96. The van der Waals surface area contributed by atoms with E-state index >= 15 is 0 Å². The number of para-hydroxylation sites is 5. The molecule has 6 aromatic rings. The predicted molar refractivity (Wildman–Crippen MR) is 135 cm³/mol. The quantitative estimate of drug-likeness (QED) is 0.284. The summed E-state index contributed by atoms with van der Waals surface area (Å²) in [6.45, 7) is 0. The van der Waals surface area contributed by atoms with Crippen molar-refractivity contribution in [3.8, 4) is 5.69 Å². The van der Waals surface area contributed by atoms with Crippen molar-refractivity contribution < 1.29 is 0 Å². The van der Waals surface area contributed by atoms with Gasteiger partial charge in [-0.25, -0.2) is 0 Å². The fourth-order valence-corrected chi connectivity index (χ4v) is 4.61. The first kappa shape index (κ1) is 18.5. The van der Waals surface area contributed by atoms with Gasteiger partial charge in [-0.15, -0.1) is 0 Å². The molecule has 0 aliphatic carbocycles. The van der Waals surface area contributed by atoms with Gasteiger partial charge in [0.15, 0.2) is 0 Å². The van der Waals surface area contributed by atoms with Crippen LogP contribution in [0.1, 0.15) is 0 Å². The maximum Gasteiger partial charge on any atom is 0.0782 e. The number of rotatable bonds is 4. The van der Waals surface area contributed by atoms with Crippen molar-refractivity contribution in [1.29, 1.82) is 0 Å². The standard InChI is InChI=1S/C30H22N2/c1-4-13-23(14-5-1)31(24-15-6-2-7-16-24)29-22-12-20-27-26-19-10-11-21-28(26)32(30(27)29)25-17-8-3-9-18-25/h1-22H. The third-order valence-electron chi connectivity index (χ3n) is 5.96. The van der Waals surface area contributed by atoms with E-state index in [0.717, 1.165) is 22.7 Å². The first-order valence-corrected chi connectivity index (χ1v) is 10.9. The highest BCUT2D eigenvalue weighted by Gasteiger charge is 2.20. The van der Waals surface area contributed by atoms with E-state index in [9.17, 15) is 0 Å². The summed E-state index contributed by atoms with van der Waals surface area (Å²) in [7, 11) is 0. The summed E-state index contributed by atoms with van der Waals surface area (Å²) >= 11 is 0. The van der Waals surface area contributed by atoms with Crippen LogP contribution >= 0.6 is 0 Å². The van der Waals surface area contributed by atoms with Crippen LogP contribution in [0, 0.1) is 0 Å². The van der Waals surface area contributed by atoms with Crippen LogP contribution in [0.4, 0.5) is 17.1 Å². The van der Waals surface area contributed by atoms with E-state index in [0.29, 0.717) is 0 Å². The van der Waals surface area contributed by atoms with Crippen molar-refractivity contribution in [3.63, 3.8) is 0 Å². The first-order chi connectivity index (χ1) is 15.9. The molecule has 0 saturated carbocycles. The first-order valence-electron chi connectivity index (χ1n) is 10.9. The lowest BCUT2D eigenvalue weighted by Crippen LogP contribution is -2.11. The Morgan fingerprint density at radius 3 is 1.62 bits per heavy atom. The van der Waals surface area contributed by atoms with Gasteiger partial charge < -0.3 is 9.47 Å². The topological polar surface area (TPSA) is 8.17 Å². The highest BCUT2D eigenvalue weighted by molar-refractivity contribution is 6.14. The van der Waals surface area contributed by atoms with E-state index in [-0.39, 0.29) is 0 Å². The number of anilines is 3. The normalized spacial score (nSPS) is 11.1. The van der Waals surface area contributed by atoms with Crippen molar-refractivity contribution in [2.45, 2.75) is 0 Å². The van der Waals surface area contributed by atoms with Crippen LogP contribution in [-0.2, 0) is 0 Å². The lowest BCUT2D eigenvalue weighted by atomic mass is 10.1. The number of hydrogen-bond acceptors (Lipinski definition) is 1. The summed E-state index contributed by atoms with van der Waals surface area (Å²) < 4.78 is 2.39. The molecule has 32 heavy (non-hydrogen) atoms. The van der Waals surface area contributed by atoms with E-state index in [2.05, 4.69) is 143 Å². The second-order valence-corrected chi connectivity index (χ2v) is 7.87. The maximum absolute atomic E-state index is 2.39. The molecule has 152 valence electrons. The molecule has 0 atom stereocenters. The summed E-state index contributed by atoms with van der Waals surface area (Å²) in [5.74, 6) is 0. The Bertz CT molecular complexity index is 1460. The van der Waals surface area contributed by atoms with Gasteiger partial charge in [0.05, 0.1) is 16.7 Å². The Kier molecular flexibility index (Phi) is 4.47. The van der Waals surface area contributed by atoms with E-state index in [4.69, 9.17) is 0 Å². The SMILES string of the molecule is c1ccc(N(c2ccccc2)c2cccc3c4ccccc4n(-c4ccccc4)c23)cc1. The van der Waals surface area contributed by atoms with Crippen LogP contribution in [0.25, 0.3) is 27.5 Å². The number of nitrogens with zero attached hydrogens (tertiary/aromatic N) is 2. The van der Waals surface area contributed by atoms with Gasteiger partial charge >= 0.3 is 0 Å². The molecule has 0 unspecified atom stereocenters. The average Bonchev–Trinajstić information content (AvgIpc) is 3.21. The van der Waals surface area contributed by atoms with Crippen LogP contribution in [0.5, 0.6) is 0 Å². The Balaban J connectivity index is 1.75. The van der Waals surface area contributed by atoms with Crippen LogP contribution in [0.15, 0.2) is 133 Å². The van der Waals surface area contributed by atoms with Crippen LogP contribution in [-0.4, -0.2) is 4.57 Å². The molecule has 2 heteroatoms. The third kappa shape index (κ3) is 2.97. The molecule has 0 bridgehead atoms. The van der Waals surface area contributed by atoms with E-state index < -0.39 is 0 Å². The number of aromatic nitrogens is 1. The molecule has 0 saturated heterocycles. The lowest BCUT2D eigenvalue weighted by Gasteiger charge is -2.27. The molecule has 5 aromatic carbocycles. The predicted octanol–water partition coefficient (Wildman–Crippen LogP) is 8.25. The fraction of sp³-hybridized carbons (Fsp3) is 0. The number of fused-ring (bicyclic) bond motifs is 3. The minimum atomic E-state index is 1.14. The van der Waals surface area contributed by atoms with Gasteiger partial charge in [-0.3, -0.25) is 0 Å². The molecule has 0 fully saturated rings. The van der Waals surface area contributed by atoms with Crippen LogP contribution < -0.4 is 4.90 Å². The molecule has 0 aliphatic heterocycles. The molecule has 2 nitrogen and oxygen atoms in total. The molecule has 0 radical (unpaired) electrons. The second kappa shape index (κ2) is 7.75. The molecule has 1 aromatic heterocycles. The van der Waals surface area contributed by atoms with Gasteiger partial charge in [-0.1, -0.05) is 84.9 Å². The minimum absolute atomic E-state index is 1.14. The van der Waals surface area contributed by atoms with Crippen LogP contribution in [0.3, 0.4) is 0 Å². The fourth-order valence-electron chi connectivity index (χ4n) is 4.61. The second-order valence-electron chi connectivity index (χ2n) is 7.87. The number of hydrogen-bond donors (Lipinski definition) is 0. The Morgan fingerprint density at radius 1 is 0.438 bits per heavy atom. The van der Waals surface area contributed by atoms with Crippen molar-refractivity contribution in [2.75, 3.05) is 4.90 Å². The Hall–Kier alpha value is -4.30. The van der Waals surface area contributed by atoms with E-state index in [1.54, 1.807) is 0 Å².